The molecule has 0 unspecified atom stereocenters. The van der Waals surface area contributed by atoms with Gasteiger partial charge < -0.3 is 5.32 Å². The topological polar surface area (TPSA) is 75.3 Å². The molecule has 0 saturated heterocycles. The Morgan fingerprint density at radius 3 is 1.92 bits per heavy atom. The van der Waals surface area contributed by atoms with Gasteiger partial charge in [0, 0.05) is 6.04 Å². The number of carbonyl (C=O) groups is 1. The lowest BCUT2D eigenvalue weighted by Crippen LogP contribution is -2.42. The first-order chi connectivity index (χ1) is 12.2. The number of amides is 1. The summed E-state index contributed by atoms with van der Waals surface area (Å²) in [5, 5.41) is 2.77. The summed E-state index contributed by atoms with van der Waals surface area (Å²) in [5.41, 5.74) is 1.65. The van der Waals surface area contributed by atoms with E-state index >= 15 is 0 Å². The van der Waals surface area contributed by atoms with Crippen molar-refractivity contribution in [1.82, 2.24) is 10.0 Å². The maximum absolute atomic E-state index is 12.8. The van der Waals surface area contributed by atoms with Gasteiger partial charge in [-0.05, 0) is 43.0 Å². The zero-order valence-electron chi connectivity index (χ0n) is 15.6. The van der Waals surface area contributed by atoms with Crippen LogP contribution in [0.2, 0.25) is 0 Å². The highest BCUT2D eigenvalue weighted by Crippen LogP contribution is 2.20. The average Bonchev–Trinajstić information content (AvgIpc) is 2.60. The molecule has 0 radical (unpaired) electrons. The van der Waals surface area contributed by atoms with E-state index in [-0.39, 0.29) is 16.8 Å². The van der Waals surface area contributed by atoms with E-state index in [2.05, 4.69) is 10.0 Å². The fraction of sp³-hybridized carbons (Fsp3) is 0.350. The van der Waals surface area contributed by atoms with Crippen molar-refractivity contribution >= 4 is 15.9 Å². The molecule has 0 aliphatic heterocycles. The molecule has 0 heterocycles. The fourth-order valence-electron chi connectivity index (χ4n) is 2.54. The summed E-state index contributed by atoms with van der Waals surface area (Å²) >= 11 is 0. The first-order valence-electron chi connectivity index (χ1n) is 8.68. The van der Waals surface area contributed by atoms with Crippen LogP contribution >= 0.6 is 0 Å². The van der Waals surface area contributed by atoms with E-state index in [9.17, 15) is 13.2 Å². The van der Waals surface area contributed by atoms with Gasteiger partial charge >= 0.3 is 0 Å². The minimum absolute atomic E-state index is 0.0939. The Morgan fingerprint density at radius 1 is 0.846 bits per heavy atom. The highest BCUT2D eigenvalue weighted by Gasteiger charge is 2.27. The van der Waals surface area contributed by atoms with E-state index in [0.717, 1.165) is 5.56 Å². The van der Waals surface area contributed by atoms with Crippen LogP contribution in [0.5, 0.6) is 0 Å². The Labute approximate surface area is 155 Å². The number of sulfonamides is 1. The lowest BCUT2D eigenvalue weighted by molar-refractivity contribution is -0.123. The summed E-state index contributed by atoms with van der Waals surface area (Å²) in [7, 11) is -3.84. The molecule has 5 nitrogen and oxygen atoms in total. The Balaban J connectivity index is 2.32. The second kappa shape index (κ2) is 8.47. The van der Waals surface area contributed by atoms with Crippen molar-refractivity contribution in [2.45, 2.75) is 50.6 Å². The van der Waals surface area contributed by atoms with E-state index in [1.54, 1.807) is 48.5 Å². The average molecular weight is 375 g/mol. The fourth-order valence-corrected chi connectivity index (χ4v) is 3.73. The van der Waals surface area contributed by atoms with E-state index < -0.39 is 16.1 Å². The van der Waals surface area contributed by atoms with Crippen LogP contribution in [0.15, 0.2) is 59.5 Å². The van der Waals surface area contributed by atoms with Crippen LogP contribution in [0.3, 0.4) is 0 Å². The van der Waals surface area contributed by atoms with Gasteiger partial charge in [0.05, 0.1) is 4.90 Å². The number of rotatable bonds is 7. The molecule has 2 aromatic carbocycles. The molecule has 0 aromatic heterocycles. The van der Waals surface area contributed by atoms with E-state index in [1.165, 1.54) is 0 Å². The largest absolute Gasteiger partial charge is 0.352 e. The summed E-state index contributed by atoms with van der Waals surface area (Å²) in [5.74, 6) is -0.0674. The number of benzene rings is 2. The normalized spacial score (nSPS) is 13.0. The molecule has 0 spiro atoms. The monoisotopic (exact) mass is 374 g/mol. The van der Waals surface area contributed by atoms with E-state index in [1.807, 2.05) is 33.8 Å². The minimum atomic E-state index is -3.84. The number of hydrogen-bond acceptors (Lipinski definition) is 3. The van der Waals surface area contributed by atoms with Gasteiger partial charge in [0.15, 0.2) is 0 Å². The molecule has 0 fully saturated rings. The van der Waals surface area contributed by atoms with E-state index in [0.29, 0.717) is 11.5 Å². The Morgan fingerprint density at radius 2 is 1.42 bits per heavy atom. The van der Waals surface area contributed by atoms with Crippen molar-refractivity contribution in [2.24, 2.45) is 0 Å². The van der Waals surface area contributed by atoms with Crippen molar-refractivity contribution in [3.63, 3.8) is 0 Å². The zero-order valence-corrected chi connectivity index (χ0v) is 16.4. The van der Waals surface area contributed by atoms with Gasteiger partial charge in [0.2, 0.25) is 15.9 Å². The predicted molar refractivity (Wildman–Crippen MR) is 103 cm³/mol. The van der Waals surface area contributed by atoms with Crippen LogP contribution in [-0.2, 0) is 14.8 Å². The highest BCUT2D eigenvalue weighted by molar-refractivity contribution is 7.89. The van der Waals surface area contributed by atoms with Crippen molar-refractivity contribution in [3.05, 3.63) is 65.7 Å². The van der Waals surface area contributed by atoms with E-state index in [4.69, 9.17) is 0 Å². The maximum Gasteiger partial charge on any atom is 0.242 e. The Hall–Kier alpha value is -2.18. The van der Waals surface area contributed by atoms with Crippen LogP contribution in [-0.4, -0.2) is 20.4 Å². The minimum Gasteiger partial charge on any atom is -0.352 e. The maximum atomic E-state index is 12.8. The van der Waals surface area contributed by atoms with Crippen LogP contribution in [0.25, 0.3) is 0 Å². The molecule has 26 heavy (non-hydrogen) atoms. The SMILES string of the molecule is CC(C)NC(=O)[C@@H](NS(=O)(=O)c1ccc(C(C)C)cc1)c1ccccc1. The van der Waals surface area contributed by atoms with Crippen LogP contribution < -0.4 is 10.0 Å². The standard InChI is InChI=1S/C20H26N2O3S/c1-14(2)16-10-12-18(13-11-16)26(24,25)22-19(20(23)21-15(3)4)17-8-6-5-7-9-17/h5-15,19,22H,1-4H3,(H,21,23)/t19-/m0/s1. The van der Waals surface area contributed by atoms with Gasteiger partial charge in [-0.3, -0.25) is 4.79 Å². The molecule has 2 N–H and O–H groups in total. The van der Waals surface area contributed by atoms with Crippen molar-refractivity contribution < 1.29 is 13.2 Å². The Kier molecular flexibility index (Phi) is 6.56. The lowest BCUT2D eigenvalue weighted by Gasteiger charge is -2.20. The van der Waals surface area contributed by atoms with Crippen molar-refractivity contribution in [2.75, 3.05) is 0 Å². The third kappa shape index (κ3) is 5.16. The van der Waals surface area contributed by atoms with Gasteiger partial charge in [0.1, 0.15) is 6.04 Å². The van der Waals surface area contributed by atoms with Gasteiger partial charge in [-0.15, -0.1) is 0 Å². The first kappa shape index (κ1) is 20.1. The third-order valence-electron chi connectivity index (χ3n) is 3.96. The molecule has 0 aliphatic carbocycles. The van der Waals surface area contributed by atoms with Crippen LogP contribution in [0.4, 0.5) is 0 Å². The van der Waals surface area contributed by atoms with Crippen molar-refractivity contribution in [3.8, 4) is 0 Å². The molecule has 0 saturated carbocycles. The molecule has 0 aliphatic rings. The molecule has 140 valence electrons. The summed E-state index contributed by atoms with van der Waals surface area (Å²) in [6.45, 7) is 7.76. The van der Waals surface area contributed by atoms with Crippen molar-refractivity contribution in [1.29, 1.82) is 0 Å². The quantitative estimate of drug-likeness (QED) is 0.780. The smallest absolute Gasteiger partial charge is 0.242 e. The highest BCUT2D eigenvalue weighted by atomic mass is 32.2. The predicted octanol–water partition coefficient (Wildman–Crippen LogP) is 3.35. The summed E-state index contributed by atoms with van der Waals surface area (Å²) in [6.07, 6.45) is 0. The first-order valence-corrected chi connectivity index (χ1v) is 10.2. The van der Waals surface area contributed by atoms with Crippen LogP contribution in [0.1, 0.15) is 50.8 Å². The summed E-state index contributed by atoms with van der Waals surface area (Å²) in [4.78, 5) is 12.7. The van der Waals surface area contributed by atoms with Gasteiger partial charge in [0.25, 0.3) is 0 Å². The van der Waals surface area contributed by atoms with Gasteiger partial charge in [-0.25, -0.2) is 8.42 Å². The zero-order chi connectivity index (χ0) is 19.3. The molecule has 1 atom stereocenters. The molecule has 0 bridgehead atoms. The molecular weight excluding hydrogens is 348 g/mol. The van der Waals surface area contributed by atoms with Gasteiger partial charge in [-0.1, -0.05) is 56.3 Å². The number of carbonyl (C=O) groups excluding carboxylic acids is 1. The van der Waals surface area contributed by atoms with Crippen LogP contribution in [0, 0.1) is 0 Å². The second-order valence-corrected chi connectivity index (χ2v) is 8.57. The molecule has 2 aromatic rings. The lowest BCUT2D eigenvalue weighted by atomic mass is 10.0. The summed E-state index contributed by atoms with van der Waals surface area (Å²) in [6, 6.07) is 14.5. The molecule has 1 amide bonds. The molecular formula is C20H26N2O3S. The number of hydrogen-bond donors (Lipinski definition) is 2. The Bertz CT molecular complexity index is 829. The number of nitrogens with one attached hydrogen (secondary N) is 2. The molecule has 6 heteroatoms. The van der Waals surface area contributed by atoms with Gasteiger partial charge in [-0.2, -0.15) is 4.72 Å². The molecule has 2 rings (SSSR count). The summed E-state index contributed by atoms with van der Waals surface area (Å²) < 4.78 is 28.1. The third-order valence-corrected chi connectivity index (χ3v) is 5.39. The second-order valence-electron chi connectivity index (χ2n) is 6.85.